The van der Waals surface area contributed by atoms with Crippen molar-refractivity contribution in [1.82, 2.24) is 14.7 Å². The van der Waals surface area contributed by atoms with E-state index in [1.54, 1.807) is 6.92 Å². The lowest BCUT2D eigenvalue weighted by Gasteiger charge is -2.16. The molecular weight excluding hydrogens is 351 g/mol. The number of carboxylic acid groups (broad SMARTS) is 1. The summed E-state index contributed by atoms with van der Waals surface area (Å²) in [5, 5.41) is 12.7. The first-order valence-electron chi connectivity index (χ1n) is 7.80. The van der Waals surface area contributed by atoms with Gasteiger partial charge < -0.3 is 10.0 Å². The van der Waals surface area contributed by atoms with E-state index in [0.717, 1.165) is 12.1 Å². The average molecular weight is 369 g/mol. The van der Waals surface area contributed by atoms with Crippen LogP contribution in [-0.2, 0) is 11.0 Å². The second-order valence-electron chi connectivity index (χ2n) is 5.83. The number of rotatable bonds is 6. The third-order valence-corrected chi connectivity index (χ3v) is 3.89. The van der Waals surface area contributed by atoms with Crippen molar-refractivity contribution in [3.05, 3.63) is 47.3 Å². The standard InChI is InChI=1S/C17H18F3N3O3/c1-11-14(16(26)22(2)8-4-7-15(24)25)10-21-23(11)13-6-3-5-12(9-13)17(18,19)20/h3,5-6,9-10H,4,7-8H2,1-2H3,(H,24,25). The van der Waals surface area contributed by atoms with Gasteiger partial charge in [-0.2, -0.15) is 18.3 Å². The maximum Gasteiger partial charge on any atom is 0.416 e. The maximum atomic E-state index is 12.9. The Morgan fingerprint density at radius 2 is 2.00 bits per heavy atom. The zero-order valence-corrected chi connectivity index (χ0v) is 14.2. The van der Waals surface area contributed by atoms with Gasteiger partial charge in [0, 0.05) is 20.0 Å². The van der Waals surface area contributed by atoms with E-state index < -0.39 is 17.7 Å². The minimum atomic E-state index is -4.47. The minimum Gasteiger partial charge on any atom is -0.481 e. The predicted molar refractivity (Wildman–Crippen MR) is 87.1 cm³/mol. The number of alkyl halides is 3. The number of benzene rings is 1. The highest BCUT2D eigenvalue weighted by atomic mass is 19.4. The molecule has 0 unspecified atom stereocenters. The lowest BCUT2D eigenvalue weighted by Crippen LogP contribution is -2.28. The van der Waals surface area contributed by atoms with Gasteiger partial charge in [0.1, 0.15) is 0 Å². The molecule has 2 aromatic rings. The fourth-order valence-corrected chi connectivity index (χ4v) is 2.47. The summed E-state index contributed by atoms with van der Waals surface area (Å²) in [6.07, 6.45) is -2.93. The van der Waals surface area contributed by atoms with Crippen LogP contribution in [0.1, 0.15) is 34.5 Å². The summed E-state index contributed by atoms with van der Waals surface area (Å²) in [5.41, 5.74) is 0.0492. The van der Waals surface area contributed by atoms with E-state index in [4.69, 9.17) is 5.11 Å². The summed E-state index contributed by atoms with van der Waals surface area (Å²) in [4.78, 5) is 24.4. The zero-order valence-electron chi connectivity index (χ0n) is 14.2. The molecule has 2 rings (SSSR count). The van der Waals surface area contributed by atoms with Gasteiger partial charge in [-0.15, -0.1) is 0 Å². The molecule has 140 valence electrons. The quantitative estimate of drug-likeness (QED) is 0.849. The first-order chi connectivity index (χ1) is 12.1. The van der Waals surface area contributed by atoms with Crippen LogP contribution in [0.25, 0.3) is 5.69 Å². The van der Waals surface area contributed by atoms with Crippen molar-refractivity contribution >= 4 is 11.9 Å². The molecule has 6 nitrogen and oxygen atoms in total. The minimum absolute atomic E-state index is 0.0555. The highest BCUT2D eigenvalue weighted by Crippen LogP contribution is 2.30. The van der Waals surface area contributed by atoms with E-state index in [2.05, 4.69) is 5.10 Å². The van der Waals surface area contributed by atoms with Crippen LogP contribution in [0.2, 0.25) is 0 Å². The third kappa shape index (κ3) is 4.41. The second kappa shape index (κ2) is 7.59. The van der Waals surface area contributed by atoms with E-state index in [0.29, 0.717) is 12.1 Å². The molecule has 0 fully saturated rings. The van der Waals surface area contributed by atoms with Crippen LogP contribution in [0, 0.1) is 6.92 Å². The molecule has 26 heavy (non-hydrogen) atoms. The Bertz CT molecular complexity index is 815. The Morgan fingerprint density at radius 3 is 2.62 bits per heavy atom. The average Bonchev–Trinajstić information content (AvgIpc) is 2.94. The molecule has 0 aliphatic rings. The number of hydrogen-bond acceptors (Lipinski definition) is 3. The predicted octanol–water partition coefficient (Wildman–Crippen LogP) is 3.14. The third-order valence-electron chi connectivity index (χ3n) is 3.89. The van der Waals surface area contributed by atoms with Crippen LogP contribution < -0.4 is 0 Å². The highest BCUT2D eigenvalue weighted by Gasteiger charge is 2.30. The molecule has 0 spiro atoms. The molecule has 0 aliphatic heterocycles. The van der Waals surface area contributed by atoms with Crippen molar-refractivity contribution in [3.63, 3.8) is 0 Å². The fourth-order valence-electron chi connectivity index (χ4n) is 2.47. The number of halogens is 3. The van der Waals surface area contributed by atoms with Gasteiger partial charge in [-0.3, -0.25) is 9.59 Å². The molecular formula is C17H18F3N3O3. The number of carboxylic acids is 1. The van der Waals surface area contributed by atoms with Gasteiger partial charge in [-0.1, -0.05) is 6.07 Å². The summed E-state index contributed by atoms with van der Waals surface area (Å²) in [6.45, 7) is 1.84. The Labute approximate surface area is 147 Å². The summed E-state index contributed by atoms with van der Waals surface area (Å²) in [5.74, 6) is -1.31. The van der Waals surface area contributed by atoms with Crippen molar-refractivity contribution in [2.75, 3.05) is 13.6 Å². The summed E-state index contributed by atoms with van der Waals surface area (Å²) < 4.78 is 39.9. The van der Waals surface area contributed by atoms with Crippen LogP contribution >= 0.6 is 0 Å². The Balaban J connectivity index is 2.22. The zero-order chi connectivity index (χ0) is 19.5. The van der Waals surface area contributed by atoms with E-state index in [9.17, 15) is 22.8 Å². The van der Waals surface area contributed by atoms with Crippen LogP contribution in [0.3, 0.4) is 0 Å². The molecule has 0 radical (unpaired) electrons. The van der Waals surface area contributed by atoms with Gasteiger partial charge in [0.25, 0.3) is 5.91 Å². The number of aromatic nitrogens is 2. The van der Waals surface area contributed by atoms with Gasteiger partial charge >= 0.3 is 12.1 Å². The van der Waals surface area contributed by atoms with Crippen molar-refractivity contribution in [2.24, 2.45) is 0 Å². The van der Waals surface area contributed by atoms with E-state index in [1.165, 1.54) is 35.0 Å². The summed E-state index contributed by atoms with van der Waals surface area (Å²) in [7, 11) is 1.53. The monoisotopic (exact) mass is 369 g/mol. The second-order valence-corrected chi connectivity index (χ2v) is 5.83. The SMILES string of the molecule is Cc1c(C(=O)N(C)CCCC(=O)O)cnn1-c1cccc(C(F)(F)F)c1. The molecule has 1 amide bonds. The molecule has 0 saturated carbocycles. The number of hydrogen-bond donors (Lipinski definition) is 1. The number of carbonyl (C=O) groups is 2. The van der Waals surface area contributed by atoms with Crippen LogP contribution in [-0.4, -0.2) is 45.3 Å². The van der Waals surface area contributed by atoms with Crippen LogP contribution in [0.4, 0.5) is 13.2 Å². The van der Waals surface area contributed by atoms with Crippen molar-refractivity contribution in [3.8, 4) is 5.69 Å². The van der Waals surface area contributed by atoms with Gasteiger partial charge in [0.15, 0.2) is 0 Å². The number of aliphatic carboxylic acids is 1. The molecule has 0 atom stereocenters. The van der Waals surface area contributed by atoms with Crippen molar-refractivity contribution in [1.29, 1.82) is 0 Å². The van der Waals surface area contributed by atoms with Gasteiger partial charge in [-0.05, 0) is 31.5 Å². The number of amides is 1. The Morgan fingerprint density at radius 1 is 1.31 bits per heavy atom. The molecule has 1 aromatic heterocycles. The van der Waals surface area contributed by atoms with E-state index >= 15 is 0 Å². The molecule has 1 N–H and O–H groups in total. The van der Waals surface area contributed by atoms with Crippen molar-refractivity contribution < 1.29 is 27.9 Å². The number of carbonyl (C=O) groups excluding carboxylic acids is 1. The topological polar surface area (TPSA) is 75.4 Å². The highest BCUT2D eigenvalue weighted by molar-refractivity contribution is 5.95. The molecule has 0 bridgehead atoms. The lowest BCUT2D eigenvalue weighted by atomic mass is 10.2. The van der Waals surface area contributed by atoms with Crippen LogP contribution in [0.5, 0.6) is 0 Å². The van der Waals surface area contributed by atoms with Gasteiger partial charge in [0.2, 0.25) is 0 Å². The van der Waals surface area contributed by atoms with Gasteiger partial charge in [-0.25, -0.2) is 4.68 Å². The summed E-state index contributed by atoms with van der Waals surface area (Å²) >= 11 is 0. The first-order valence-corrected chi connectivity index (χ1v) is 7.80. The molecule has 0 aliphatic carbocycles. The smallest absolute Gasteiger partial charge is 0.416 e. The number of nitrogens with zero attached hydrogens (tertiary/aromatic N) is 3. The van der Waals surface area contributed by atoms with E-state index in [-0.39, 0.29) is 30.1 Å². The molecule has 1 heterocycles. The van der Waals surface area contributed by atoms with Crippen molar-refractivity contribution in [2.45, 2.75) is 25.9 Å². The summed E-state index contributed by atoms with van der Waals surface area (Å²) in [6, 6.07) is 4.67. The normalized spacial score (nSPS) is 11.4. The largest absolute Gasteiger partial charge is 0.481 e. The maximum absolute atomic E-state index is 12.9. The van der Waals surface area contributed by atoms with Gasteiger partial charge in [0.05, 0.1) is 28.7 Å². The molecule has 1 aromatic carbocycles. The van der Waals surface area contributed by atoms with Crippen LogP contribution in [0.15, 0.2) is 30.5 Å². The Hall–Kier alpha value is -2.84. The molecule has 0 saturated heterocycles. The fraction of sp³-hybridized carbons (Fsp3) is 0.353. The first kappa shape index (κ1) is 19.5. The lowest BCUT2D eigenvalue weighted by molar-refractivity contribution is -0.138. The Kier molecular flexibility index (Phi) is 5.69. The van der Waals surface area contributed by atoms with E-state index in [1.807, 2.05) is 0 Å². The molecule has 9 heteroatoms.